The number of anilines is 2. The van der Waals surface area contributed by atoms with Crippen molar-refractivity contribution < 1.29 is 9.59 Å². The molecule has 1 aromatic heterocycles. The van der Waals surface area contributed by atoms with E-state index in [0.29, 0.717) is 15.6 Å². The van der Waals surface area contributed by atoms with Crippen LogP contribution in [-0.4, -0.2) is 68.0 Å². The molecule has 1 fully saturated rings. The number of amides is 2. The molecule has 2 aromatic rings. The third-order valence-corrected chi connectivity index (χ3v) is 7.43. The summed E-state index contributed by atoms with van der Waals surface area (Å²) in [5.74, 6) is 0.282. The minimum atomic E-state index is -0.614. The third-order valence-electron chi connectivity index (χ3n) is 5.55. The highest BCUT2D eigenvalue weighted by Crippen LogP contribution is 2.25. The summed E-state index contributed by atoms with van der Waals surface area (Å²) in [6.45, 7) is 6.27. The number of benzene rings is 1. The molecule has 1 aliphatic rings. The summed E-state index contributed by atoms with van der Waals surface area (Å²) in [5.41, 5.74) is 3.08. The Kier molecular flexibility index (Phi) is 9.28. The Labute approximate surface area is 203 Å². The van der Waals surface area contributed by atoms with Crippen molar-refractivity contribution >= 4 is 57.9 Å². The van der Waals surface area contributed by atoms with E-state index in [4.69, 9.17) is 11.6 Å². The molecule has 3 rings (SSSR count). The van der Waals surface area contributed by atoms with Gasteiger partial charge in [-0.25, -0.2) is 0 Å². The molecule has 0 unspecified atom stereocenters. The second kappa shape index (κ2) is 11.9. The molecule has 174 valence electrons. The van der Waals surface area contributed by atoms with Gasteiger partial charge in [-0.15, -0.1) is 11.3 Å². The average Bonchev–Trinajstić information content (AvgIpc) is 3.08. The number of likely N-dealkylation sites (N-methyl/N-ethyl adjacent to an activating group) is 1. The number of aryl methyl sites for hydroxylation is 1. The topological polar surface area (TPSA) is 64.7 Å². The lowest BCUT2D eigenvalue weighted by Gasteiger charge is -2.25. The van der Waals surface area contributed by atoms with Crippen LogP contribution in [0.3, 0.4) is 0 Å². The van der Waals surface area contributed by atoms with E-state index in [1.54, 1.807) is 23.9 Å². The summed E-state index contributed by atoms with van der Waals surface area (Å²) in [5, 5.41) is 5.86. The molecule has 0 bridgehead atoms. The molecule has 2 N–H and O–H groups in total. The van der Waals surface area contributed by atoms with Crippen molar-refractivity contribution in [3.63, 3.8) is 0 Å². The number of carbonyl (C=O) groups is 2. The molecule has 1 aliphatic heterocycles. The number of nitrogens with one attached hydrogen (secondary N) is 2. The van der Waals surface area contributed by atoms with Gasteiger partial charge < -0.3 is 20.4 Å². The quantitative estimate of drug-likeness (QED) is 0.571. The number of carbonyl (C=O) groups excluding carboxylic acids is 2. The lowest BCUT2D eigenvalue weighted by Crippen LogP contribution is -2.44. The number of hydrogen-bond acceptors (Lipinski definition) is 6. The van der Waals surface area contributed by atoms with Crippen LogP contribution < -0.4 is 15.5 Å². The molecule has 1 saturated heterocycles. The first-order valence-corrected chi connectivity index (χ1v) is 13.4. The van der Waals surface area contributed by atoms with Crippen LogP contribution in [0.2, 0.25) is 4.34 Å². The van der Waals surface area contributed by atoms with E-state index in [0.717, 1.165) is 49.6 Å². The van der Waals surface area contributed by atoms with E-state index in [1.807, 2.05) is 18.4 Å². The van der Waals surface area contributed by atoms with Gasteiger partial charge in [-0.1, -0.05) is 11.6 Å². The van der Waals surface area contributed by atoms with Gasteiger partial charge in [0.1, 0.15) is 6.04 Å². The van der Waals surface area contributed by atoms with Gasteiger partial charge >= 0.3 is 0 Å². The van der Waals surface area contributed by atoms with Crippen molar-refractivity contribution in [2.45, 2.75) is 25.8 Å². The Balaban J connectivity index is 1.67. The van der Waals surface area contributed by atoms with Crippen LogP contribution in [0.1, 0.15) is 28.1 Å². The highest BCUT2D eigenvalue weighted by molar-refractivity contribution is 7.98. The normalized spacial score (nSPS) is 15.8. The zero-order valence-electron chi connectivity index (χ0n) is 18.8. The Hall–Kier alpha value is -1.74. The molecular weight excluding hydrogens is 464 g/mol. The summed E-state index contributed by atoms with van der Waals surface area (Å²) in [6.07, 6.45) is 3.68. The zero-order valence-corrected chi connectivity index (χ0v) is 21.2. The van der Waals surface area contributed by atoms with Crippen LogP contribution in [0.4, 0.5) is 11.4 Å². The van der Waals surface area contributed by atoms with Gasteiger partial charge in [-0.2, -0.15) is 11.8 Å². The van der Waals surface area contributed by atoms with Gasteiger partial charge in [0.2, 0.25) is 5.91 Å². The van der Waals surface area contributed by atoms with Crippen LogP contribution >= 0.6 is 34.7 Å². The standard InChI is InChI=1S/C23H31ClN4O2S2/c1-16-15-17(5-6-19(16)28-11-4-10-27(2)12-13-28)25-22(29)18(9-14-31-3)26-23(30)20-7-8-21(24)32-20/h5-8,15,18H,4,9-14H2,1-3H3,(H,25,29)(H,26,30)/t18-/m1/s1. The second-order valence-electron chi connectivity index (χ2n) is 8.05. The molecule has 0 spiro atoms. The van der Waals surface area contributed by atoms with Crippen molar-refractivity contribution in [1.82, 2.24) is 10.2 Å². The third kappa shape index (κ3) is 6.88. The first-order valence-electron chi connectivity index (χ1n) is 10.8. The van der Waals surface area contributed by atoms with Gasteiger partial charge in [0.25, 0.3) is 5.91 Å². The number of nitrogens with zero attached hydrogens (tertiary/aromatic N) is 2. The van der Waals surface area contributed by atoms with E-state index in [-0.39, 0.29) is 11.8 Å². The molecule has 9 heteroatoms. The lowest BCUT2D eigenvalue weighted by atomic mass is 10.1. The van der Waals surface area contributed by atoms with Crippen LogP contribution in [0, 0.1) is 6.92 Å². The van der Waals surface area contributed by atoms with E-state index >= 15 is 0 Å². The number of thiophene rings is 1. The highest BCUT2D eigenvalue weighted by atomic mass is 35.5. The van der Waals surface area contributed by atoms with Crippen molar-refractivity contribution in [3.05, 3.63) is 45.1 Å². The van der Waals surface area contributed by atoms with Gasteiger partial charge in [0, 0.05) is 31.0 Å². The first-order chi connectivity index (χ1) is 15.4. The minimum Gasteiger partial charge on any atom is -0.370 e. The zero-order chi connectivity index (χ0) is 23.1. The molecule has 1 aromatic carbocycles. The molecule has 0 radical (unpaired) electrons. The van der Waals surface area contributed by atoms with E-state index in [1.165, 1.54) is 17.0 Å². The maximum Gasteiger partial charge on any atom is 0.262 e. The van der Waals surface area contributed by atoms with Crippen molar-refractivity contribution in [3.8, 4) is 0 Å². The minimum absolute atomic E-state index is 0.210. The predicted molar refractivity (Wildman–Crippen MR) is 138 cm³/mol. The summed E-state index contributed by atoms with van der Waals surface area (Å²) in [7, 11) is 2.16. The Morgan fingerprint density at radius 2 is 2.00 bits per heavy atom. The summed E-state index contributed by atoms with van der Waals surface area (Å²) in [4.78, 5) is 30.8. The van der Waals surface area contributed by atoms with Crippen molar-refractivity contribution in [1.29, 1.82) is 0 Å². The molecule has 6 nitrogen and oxygen atoms in total. The van der Waals surface area contributed by atoms with Gasteiger partial charge in [-0.05, 0) is 81.3 Å². The smallest absolute Gasteiger partial charge is 0.262 e. The van der Waals surface area contributed by atoms with Crippen molar-refractivity contribution in [2.24, 2.45) is 0 Å². The maximum absolute atomic E-state index is 13.0. The fourth-order valence-corrected chi connectivity index (χ4v) is 5.19. The molecule has 2 heterocycles. The monoisotopic (exact) mass is 494 g/mol. The SMILES string of the molecule is CSCC[C@@H](NC(=O)c1ccc(Cl)s1)C(=O)Nc1ccc(N2CCCN(C)CC2)c(C)c1. The number of rotatable bonds is 8. The summed E-state index contributed by atoms with van der Waals surface area (Å²) in [6, 6.07) is 8.78. The van der Waals surface area contributed by atoms with Gasteiger partial charge in [-0.3, -0.25) is 9.59 Å². The number of halogens is 1. The molecular formula is C23H31ClN4O2S2. The average molecular weight is 495 g/mol. The lowest BCUT2D eigenvalue weighted by molar-refractivity contribution is -0.118. The maximum atomic E-state index is 13.0. The fourth-order valence-electron chi connectivity index (χ4n) is 3.78. The Morgan fingerprint density at radius 1 is 1.19 bits per heavy atom. The molecule has 2 amide bonds. The number of thioether (sulfide) groups is 1. The summed E-state index contributed by atoms with van der Waals surface area (Å²) >= 11 is 8.79. The van der Waals surface area contributed by atoms with Crippen LogP contribution in [-0.2, 0) is 4.79 Å². The predicted octanol–water partition coefficient (Wildman–Crippen LogP) is 4.34. The Morgan fingerprint density at radius 3 is 2.69 bits per heavy atom. The van der Waals surface area contributed by atoms with Crippen LogP contribution in [0.5, 0.6) is 0 Å². The molecule has 0 saturated carbocycles. The van der Waals surface area contributed by atoms with E-state index in [9.17, 15) is 9.59 Å². The van der Waals surface area contributed by atoms with E-state index in [2.05, 4.69) is 40.5 Å². The largest absolute Gasteiger partial charge is 0.370 e. The van der Waals surface area contributed by atoms with Crippen LogP contribution in [0.25, 0.3) is 0 Å². The number of hydrogen-bond donors (Lipinski definition) is 2. The second-order valence-corrected chi connectivity index (χ2v) is 10.7. The van der Waals surface area contributed by atoms with E-state index < -0.39 is 6.04 Å². The fraction of sp³-hybridized carbons (Fsp3) is 0.478. The summed E-state index contributed by atoms with van der Waals surface area (Å²) < 4.78 is 0.548. The van der Waals surface area contributed by atoms with Gasteiger partial charge in [0.15, 0.2) is 0 Å². The first kappa shape index (κ1) is 24.9. The van der Waals surface area contributed by atoms with Crippen molar-refractivity contribution in [2.75, 3.05) is 55.5 Å². The molecule has 1 atom stereocenters. The Bertz CT molecular complexity index is 936. The highest BCUT2D eigenvalue weighted by Gasteiger charge is 2.22. The molecule has 32 heavy (non-hydrogen) atoms. The molecule has 0 aliphatic carbocycles. The van der Waals surface area contributed by atoms with Gasteiger partial charge in [0.05, 0.1) is 9.21 Å². The van der Waals surface area contributed by atoms with Crippen LogP contribution in [0.15, 0.2) is 30.3 Å².